The Morgan fingerprint density at radius 2 is 2.25 bits per heavy atom. The second kappa shape index (κ2) is 3.06. The van der Waals surface area contributed by atoms with Crippen LogP contribution in [0, 0.1) is 11.3 Å². The molecule has 0 N–H and O–H groups in total. The van der Waals surface area contributed by atoms with E-state index in [9.17, 15) is 9.59 Å². The average molecular weight is 218 g/mol. The highest BCUT2D eigenvalue weighted by molar-refractivity contribution is 6.06. The van der Waals surface area contributed by atoms with Crippen molar-refractivity contribution in [3.05, 3.63) is 23.7 Å². The van der Waals surface area contributed by atoms with Crippen LogP contribution < -0.4 is 0 Å². The summed E-state index contributed by atoms with van der Waals surface area (Å²) in [6, 6.07) is 1.73. The molecular formula is C13H14O3. The zero-order valence-corrected chi connectivity index (χ0v) is 9.29. The van der Waals surface area contributed by atoms with Crippen molar-refractivity contribution in [2.75, 3.05) is 0 Å². The highest BCUT2D eigenvalue weighted by atomic mass is 16.3. The van der Waals surface area contributed by atoms with Crippen LogP contribution in [0.2, 0.25) is 0 Å². The van der Waals surface area contributed by atoms with Crippen molar-refractivity contribution in [1.29, 1.82) is 0 Å². The van der Waals surface area contributed by atoms with E-state index in [1.54, 1.807) is 12.3 Å². The lowest BCUT2D eigenvalue weighted by molar-refractivity contribution is -0.129. The zero-order chi connectivity index (χ0) is 11.3. The van der Waals surface area contributed by atoms with Crippen LogP contribution in [0.15, 0.2) is 16.7 Å². The average Bonchev–Trinajstić information content (AvgIpc) is 2.70. The lowest BCUT2D eigenvalue weighted by atomic mass is 9.59. The van der Waals surface area contributed by atoms with Gasteiger partial charge in [0, 0.05) is 24.2 Å². The Hall–Kier alpha value is -1.38. The van der Waals surface area contributed by atoms with E-state index >= 15 is 0 Å². The number of rotatable bonds is 0. The minimum atomic E-state index is -0.480. The molecule has 0 saturated heterocycles. The zero-order valence-electron chi connectivity index (χ0n) is 9.29. The van der Waals surface area contributed by atoms with Gasteiger partial charge in [0.2, 0.25) is 0 Å². The van der Waals surface area contributed by atoms with Gasteiger partial charge in [0.05, 0.1) is 11.8 Å². The highest BCUT2D eigenvalue weighted by Crippen LogP contribution is 2.47. The van der Waals surface area contributed by atoms with Crippen LogP contribution in [-0.4, -0.2) is 11.6 Å². The van der Waals surface area contributed by atoms with Crippen molar-refractivity contribution in [2.24, 2.45) is 11.3 Å². The van der Waals surface area contributed by atoms with Crippen LogP contribution in [0.3, 0.4) is 0 Å². The molecule has 0 radical (unpaired) electrons. The maximum absolute atomic E-state index is 12.4. The molecule has 2 aliphatic rings. The largest absolute Gasteiger partial charge is 0.469 e. The van der Waals surface area contributed by atoms with E-state index in [-0.39, 0.29) is 17.5 Å². The Morgan fingerprint density at radius 1 is 1.44 bits per heavy atom. The number of fused-ring (bicyclic) bond motifs is 2. The van der Waals surface area contributed by atoms with Crippen LogP contribution >= 0.6 is 0 Å². The quantitative estimate of drug-likeness (QED) is 0.671. The standard InChI is InChI=1S/C13H14O3/c1-13-5-2-3-10(14)9(13)7-11-8(12(13)15)4-6-16-11/h4,6,9H,2-3,5,7H2,1H3/t9-,13-/m0/s1. The molecule has 2 atom stereocenters. The molecule has 0 bridgehead atoms. The number of hydrogen-bond donors (Lipinski definition) is 0. The Kier molecular flexibility index (Phi) is 1.88. The second-order valence-electron chi connectivity index (χ2n) is 5.08. The number of furan rings is 1. The first kappa shape index (κ1) is 9.82. The highest BCUT2D eigenvalue weighted by Gasteiger charge is 2.51. The van der Waals surface area contributed by atoms with Gasteiger partial charge in [-0.2, -0.15) is 0 Å². The molecule has 1 aromatic heterocycles. The van der Waals surface area contributed by atoms with Crippen molar-refractivity contribution in [3.63, 3.8) is 0 Å². The molecule has 3 nitrogen and oxygen atoms in total. The normalized spacial score (nSPS) is 33.4. The molecular weight excluding hydrogens is 204 g/mol. The molecule has 1 heterocycles. The third-order valence-corrected chi connectivity index (χ3v) is 4.18. The minimum absolute atomic E-state index is 0.0977. The molecule has 0 amide bonds. The van der Waals surface area contributed by atoms with Gasteiger partial charge in [-0.05, 0) is 18.9 Å². The lowest BCUT2D eigenvalue weighted by Crippen LogP contribution is -2.47. The summed E-state index contributed by atoms with van der Waals surface area (Å²) in [6.07, 6.45) is 4.43. The summed E-state index contributed by atoms with van der Waals surface area (Å²) in [7, 11) is 0. The summed E-state index contributed by atoms with van der Waals surface area (Å²) >= 11 is 0. The number of carbonyl (C=O) groups is 2. The van der Waals surface area contributed by atoms with Crippen LogP contribution in [0.25, 0.3) is 0 Å². The third-order valence-electron chi connectivity index (χ3n) is 4.18. The summed E-state index contributed by atoms with van der Waals surface area (Å²) in [6.45, 7) is 1.94. The molecule has 3 rings (SSSR count). The monoisotopic (exact) mass is 218 g/mol. The smallest absolute Gasteiger partial charge is 0.172 e. The van der Waals surface area contributed by atoms with Crippen molar-refractivity contribution >= 4 is 11.6 Å². The number of carbonyl (C=O) groups excluding carboxylic acids is 2. The van der Waals surface area contributed by atoms with Crippen molar-refractivity contribution in [1.82, 2.24) is 0 Å². The Morgan fingerprint density at radius 3 is 3.06 bits per heavy atom. The second-order valence-corrected chi connectivity index (χ2v) is 5.08. The van der Waals surface area contributed by atoms with E-state index in [2.05, 4.69) is 0 Å². The van der Waals surface area contributed by atoms with Crippen LogP contribution in [-0.2, 0) is 11.2 Å². The Bertz CT molecular complexity index is 471. The van der Waals surface area contributed by atoms with Gasteiger partial charge in [0.15, 0.2) is 5.78 Å². The topological polar surface area (TPSA) is 47.3 Å². The number of ketones is 2. The molecule has 2 aliphatic carbocycles. The molecule has 1 saturated carbocycles. The first-order valence-corrected chi connectivity index (χ1v) is 5.77. The molecule has 1 fully saturated rings. The van der Waals surface area contributed by atoms with Crippen LogP contribution in [0.1, 0.15) is 42.3 Å². The van der Waals surface area contributed by atoms with Gasteiger partial charge in [-0.1, -0.05) is 6.92 Å². The lowest BCUT2D eigenvalue weighted by Gasteiger charge is -2.41. The summed E-state index contributed by atoms with van der Waals surface area (Å²) < 4.78 is 5.30. The van der Waals surface area contributed by atoms with Gasteiger partial charge >= 0.3 is 0 Å². The fraction of sp³-hybridized carbons (Fsp3) is 0.538. The van der Waals surface area contributed by atoms with E-state index in [0.717, 1.165) is 12.8 Å². The van der Waals surface area contributed by atoms with Gasteiger partial charge < -0.3 is 4.42 Å². The maximum Gasteiger partial charge on any atom is 0.172 e. The predicted molar refractivity (Wildman–Crippen MR) is 57.2 cm³/mol. The van der Waals surface area contributed by atoms with Gasteiger partial charge in [0.1, 0.15) is 11.5 Å². The Labute approximate surface area is 93.8 Å². The van der Waals surface area contributed by atoms with Gasteiger partial charge in [-0.15, -0.1) is 0 Å². The first-order chi connectivity index (χ1) is 7.63. The molecule has 16 heavy (non-hydrogen) atoms. The summed E-state index contributed by atoms with van der Waals surface area (Å²) in [5.74, 6) is 0.861. The first-order valence-electron chi connectivity index (χ1n) is 5.77. The van der Waals surface area contributed by atoms with Gasteiger partial charge in [-0.3, -0.25) is 9.59 Å². The van der Waals surface area contributed by atoms with Crippen molar-refractivity contribution in [2.45, 2.75) is 32.6 Å². The summed E-state index contributed by atoms with van der Waals surface area (Å²) in [4.78, 5) is 24.3. The van der Waals surface area contributed by atoms with Gasteiger partial charge in [0.25, 0.3) is 0 Å². The molecule has 0 unspecified atom stereocenters. The van der Waals surface area contributed by atoms with Crippen LogP contribution in [0.4, 0.5) is 0 Å². The van der Waals surface area contributed by atoms with E-state index in [4.69, 9.17) is 4.42 Å². The fourth-order valence-corrected chi connectivity index (χ4v) is 3.14. The number of Topliss-reactive ketones (excluding diaryl/α,β-unsaturated/α-hetero) is 2. The van der Waals surface area contributed by atoms with E-state index in [1.165, 1.54) is 0 Å². The SMILES string of the molecule is C[C@]12CCCC(=O)[C@@H]1Cc1occc1C2=O. The molecule has 0 aliphatic heterocycles. The summed E-state index contributed by atoms with van der Waals surface area (Å²) in [5, 5.41) is 0. The Balaban J connectivity index is 2.13. The van der Waals surface area contributed by atoms with E-state index in [0.29, 0.717) is 24.2 Å². The predicted octanol–water partition coefficient (Wildman–Crippen LogP) is 2.39. The maximum atomic E-state index is 12.4. The summed E-state index contributed by atoms with van der Waals surface area (Å²) in [5.41, 5.74) is 0.208. The number of hydrogen-bond acceptors (Lipinski definition) is 3. The van der Waals surface area contributed by atoms with Gasteiger partial charge in [-0.25, -0.2) is 0 Å². The van der Waals surface area contributed by atoms with E-state index < -0.39 is 5.41 Å². The fourth-order valence-electron chi connectivity index (χ4n) is 3.14. The van der Waals surface area contributed by atoms with E-state index in [1.807, 2.05) is 6.92 Å². The van der Waals surface area contributed by atoms with Crippen LogP contribution in [0.5, 0.6) is 0 Å². The van der Waals surface area contributed by atoms with Crippen molar-refractivity contribution < 1.29 is 14.0 Å². The molecule has 0 aromatic carbocycles. The van der Waals surface area contributed by atoms with Crippen molar-refractivity contribution in [3.8, 4) is 0 Å². The molecule has 84 valence electrons. The molecule has 1 aromatic rings. The molecule has 0 spiro atoms. The minimum Gasteiger partial charge on any atom is -0.469 e. The molecule has 3 heteroatoms. The third kappa shape index (κ3) is 1.09.